The van der Waals surface area contributed by atoms with Gasteiger partial charge in [-0.3, -0.25) is 0 Å². The zero-order valence-electron chi connectivity index (χ0n) is 13.3. The zero-order chi connectivity index (χ0) is 17.1. The van der Waals surface area contributed by atoms with Gasteiger partial charge in [-0.05, 0) is 43.7 Å². The summed E-state index contributed by atoms with van der Waals surface area (Å²) >= 11 is 6.17. The first-order chi connectivity index (χ1) is 11.6. The fraction of sp³-hybridized carbons (Fsp3) is 0.167. The minimum atomic E-state index is -0.547. The summed E-state index contributed by atoms with van der Waals surface area (Å²) in [5.74, 6) is 0.0147. The summed E-state index contributed by atoms with van der Waals surface area (Å²) in [5, 5.41) is 4.72. The Kier molecular flexibility index (Phi) is 4.62. The van der Waals surface area contributed by atoms with Crippen LogP contribution in [0.4, 0.5) is 11.5 Å². The van der Waals surface area contributed by atoms with E-state index in [0.717, 1.165) is 16.6 Å². The van der Waals surface area contributed by atoms with Crippen molar-refractivity contribution in [1.29, 1.82) is 0 Å². The lowest BCUT2D eigenvalue weighted by Gasteiger charge is -2.13. The quantitative estimate of drug-likeness (QED) is 0.707. The highest BCUT2D eigenvalue weighted by molar-refractivity contribution is 6.31. The standard InChI is InChI=1S/C18H16ClN3O2/c1-3-24-18(23)17-21-15-9-5-4-7-12(15)16(22-17)20-14-10-6-8-13(19)11(14)2/h4-10H,3H2,1-2H3,(H,20,21,22). The lowest BCUT2D eigenvalue weighted by Crippen LogP contribution is -2.11. The summed E-state index contributed by atoms with van der Waals surface area (Å²) in [7, 11) is 0. The van der Waals surface area contributed by atoms with Gasteiger partial charge in [0.25, 0.3) is 0 Å². The van der Waals surface area contributed by atoms with Gasteiger partial charge in [-0.2, -0.15) is 0 Å². The van der Waals surface area contributed by atoms with Crippen molar-refractivity contribution >= 4 is 40.0 Å². The Hall–Kier alpha value is -2.66. The fourth-order valence-electron chi connectivity index (χ4n) is 2.33. The molecule has 0 atom stereocenters. The Morgan fingerprint density at radius 2 is 1.96 bits per heavy atom. The first-order valence-electron chi connectivity index (χ1n) is 7.56. The number of para-hydroxylation sites is 1. The number of ether oxygens (including phenoxy) is 1. The van der Waals surface area contributed by atoms with Crippen molar-refractivity contribution in [1.82, 2.24) is 9.97 Å². The van der Waals surface area contributed by atoms with E-state index in [-0.39, 0.29) is 12.4 Å². The van der Waals surface area contributed by atoms with Gasteiger partial charge in [0.15, 0.2) is 0 Å². The number of aromatic nitrogens is 2. The van der Waals surface area contributed by atoms with Gasteiger partial charge in [0, 0.05) is 16.1 Å². The van der Waals surface area contributed by atoms with Crippen LogP contribution in [-0.4, -0.2) is 22.5 Å². The lowest BCUT2D eigenvalue weighted by molar-refractivity contribution is 0.0512. The van der Waals surface area contributed by atoms with Crippen molar-refractivity contribution in [2.24, 2.45) is 0 Å². The number of nitrogens with zero attached hydrogens (tertiary/aromatic N) is 2. The molecule has 2 aromatic carbocycles. The number of nitrogens with one attached hydrogen (secondary N) is 1. The third kappa shape index (κ3) is 3.16. The summed E-state index contributed by atoms with van der Waals surface area (Å²) < 4.78 is 5.01. The average molecular weight is 342 g/mol. The smallest absolute Gasteiger partial charge is 0.376 e. The van der Waals surface area contributed by atoms with Crippen LogP contribution in [0.25, 0.3) is 10.9 Å². The maximum atomic E-state index is 12.0. The molecule has 5 nitrogen and oxygen atoms in total. The second kappa shape index (κ2) is 6.84. The number of fused-ring (bicyclic) bond motifs is 1. The molecule has 0 saturated heterocycles. The van der Waals surface area contributed by atoms with Gasteiger partial charge in [0.2, 0.25) is 5.82 Å². The van der Waals surface area contributed by atoms with Crippen LogP contribution in [0.3, 0.4) is 0 Å². The van der Waals surface area contributed by atoms with Crippen LogP contribution < -0.4 is 5.32 Å². The van der Waals surface area contributed by atoms with Crippen LogP contribution in [0.15, 0.2) is 42.5 Å². The predicted molar refractivity (Wildman–Crippen MR) is 95.0 cm³/mol. The molecule has 1 aromatic heterocycles. The largest absolute Gasteiger partial charge is 0.460 e. The fourth-order valence-corrected chi connectivity index (χ4v) is 2.50. The van der Waals surface area contributed by atoms with E-state index in [4.69, 9.17) is 16.3 Å². The molecule has 0 aliphatic rings. The Bertz CT molecular complexity index is 912. The van der Waals surface area contributed by atoms with Gasteiger partial charge in [-0.1, -0.05) is 29.8 Å². The minimum Gasteiger partial charge on any atom is -0.460 e. The van der Waals surface area contributed by atoms with Crippen molar-refractivity contribution in [3.63, 3.8) is 0 Å². The molecule has 6 heteroatoms. The first-order valence-corrected chi connectivity index (χ1v) is 7.94. The third-order valence-electron chi connectivity index (χ3n) is 3.58. The Balaban J connectivity index is 2.11. The lowest BCUT2D eigenvalue weighted by atomic mass is 10.2. The Morgan fingerprint density at radius 1 is 1.17 bits per heavy atom. The van der Waals surface area contributed by atoms with Crippen molar-refractivity contribution in [3.8, 4) is 0 Å². The van der Waals surface area contributed by atoms with Crippen LogP contribution in [0.5, 0.6) is 0 Å². The predicted octanol–water partition coefficient (Wildman–Crippen LogP) is 4.51. The summed E-state index contributed by atoms with van der Waals surface area (Å²) in [6.45, 7) is 3.93. The highest BCUT2D eigenvalue weighted by atomic mass is 35.5. The first kappa shape index (κ1) is 16.2. The zero-order valence-corrected chi connectivity index (χ0v) is 14.1. The molecular weight excluding hydrogens is 326 g/mol. The van der Waals surface area contributed by atoms with E-state index in [1.807, 2.05) is 49.4 Å². The Morgan fingerprint density at radius 3 is 2.75 bits per heavy atom. The highest BCUT2D eigenvalue weighted by Gasteiger charge is 2.15. The van der Waals surface area contributed by atoms with Crippen molar-refractivity contribution in [2.75, 3.05) is 11.9 Å². The van der Waals surface area contributed by atoms with Crippen LogP contribution in [0.2, 0.25) is 5.02 Å². The van der Waals surface area contributed by atoms with E-state index in [0.29, 0.717) is 16.4 Å². The van der Waals surface area contributed by atoms with Gasteiger partial charge in [-0.25, -0.2) is 14.8 Å². The summed E-state index contributed by atoms with van der Waals surface area (Å²) in [5.41, 5.74) is 2.39. The van der Waals surface area contributed by atoms with Crippen molar-refractivity contribution < 1.29 is 9.53 Å². The van der Waals surface area contributed by atoms with Crippen LogP contribution in [0.1, 0.15) is 23.1 Å². The molecule has 0 aliphatic carbocycles. The number of anilines is 2. The summed E-state index contributed by atoms with van der Waals surface area (Å²) in [6, 6.07) is 13.1. The second-order valence-corrected chi connectivity index (χ2v) is 5.58. The van der Waals surface area contributed by atoms with E-state index in [9.17, 15) is 4.79 Å². The van der Waals surface area contributed by atoms with Crippen LogP contribution in [-0.2, 0) is 4.74 Å². The van der Waals surface area contributed by atoms with Gasteiger partial charge < -0.3 is 10.1 Å². The molecule has 122 valence electrons. The molecule has 0 saturated carbocycles. The van der Waals surface area contributed by atoms with Crippen LogP contribution in [0, 0.1) is 6.92 Å². The van der Waals surface area contributed by atoms with E-state index < -0.39 is 5.97 Å². The number of rotatable bonds is 4. The topological polar surface area (TPSA) is 64.1 Å². The summed E-state index contributed by atoms with van der Waals surface area (Å²) in [4.78, 5) is 20.6. The molecule has 3 aromatic rings. The Labute approximate surface area is 144 Å². The molecule has 0 spiro atoms. The maximum Gasteiger partial charge on any atom is 0.376 e. The van der Waals surface area contributed by atoms with Crippen LogP contribution >= 0.6 is 11.6 Å². The molecule has 0 amide bonds. The number of hydrogen-bond acceptors (Lipinski definition) is 5. The number of carbonyl (C=O) groups is 1. The molecule has 0 aliphatic heterocycles. The number of carbonyl (C=O) groups excluding carboxylic acids is 1. The molecule has 24 heavy (non-hydrogen) atoms. The monoisotopic (exact) mass is 341 g/mol. The van der Waals surface area contributed by atoms with Gasteiger partial charge >= 0.3 is 5.97 Å². The maximum absolute atomic E-state index is 12.0. The van der Waals surface area contributed by atoms with Gasteiger partial charge in [0.1, 0.15) is 5.82 Å². The van der Waals surface area contributed by atoms with E-state index in [1.54, 1.807) is 6.92 Å². The number of esters is 1. The van der Waals surface area contributed by atoms with E-state index in [1.165, 1.54) is 0 Å². The number of benzene rings is 2. The molecule has 0 radical (unpaired) electrons. The van der Waals surface area contributed by atoms with Gasteiger partial charge in [0.05, 0.1) is 12.1 Å². The molecule has 1 heterocycles. The van der Waals surface area contributed by atoms with E-state index in [2.05, 4.69) is 15.3 Å². The molecule has 3 rings (SSSR count). The van der Waals surface area contributed by atoms with Gasteiger partial charge in [-0.15, -0.1) is 0 Å². The SMILES string of the molecule is CCOC(=O)c1nc(Nc2cccc(Cl)c2C)c2ccccc2n1. The molecule has 0 unspecified atom stereocenters. The molecule has 1 N–H and O–H groups in total. The number of hydrogen-bond donors (Lipinski definition) is 1. The number of halogens is 1. The van der Waals surface area contributed by atoms with E-state index >= 15 is 0 Å². The second-order valence-electron chi connectivity index (χ2n) is 5.17. The molecule has 0 bridgehead atoms. The van der Waals surface area contributed by atoms with Crippen molar-refractivity contribution in [3.05, 3.63) is 58.9 Å². The molecule has 0 fully saturated rings. The minimum absolute atomic E-state index is 0.0257. The normalized spacial score (nSPS) is 10.6. The van der Waals surface area contributed by atoms with Crippen molar-refractivity contribution in [2.45, 2.75) is 13.8 Å². The summed E-state index contributed by atoms with van der Waals surface area (Å²) in [6.07, 6.45) is 0. The average Bonchev–Trinajstić information content (AvgIpc) is 2.59. The highest BCUT2D eigenvalue weighted by Crippen LogP contribution is 2.28. The third-order valence-corrected chi connectivity index (χ3v) is 3.99. The molecular formula is C18H16ClN3O2.